The summed E-state index contributed by atoms with van der Waals surface area (Å²) in [6.07, 6.45) is 0. The molecule has 7 nitrogen and oxygen atoms in total. The summed E-state index contributed by atoms with van der Waals surface area (Å²) in [6, 6.07) is 117. The van der Waals surface area contributed by atoms with Crippen LogP contribution in [0.3, 0.4) is 0 Å². The molecule has 0 radical (unpaired) electrons. The zero-order chi connectivity index (χ0) is 73.1. The summed E-state index contributed by atoms with van der Waals surface area (Å²) in [5.41, 5.74) is 15.4. The van der Waals surface area contributed by atoms with Crippen molar-refractivity contribution in [3.05, 3.63) is 327 Å². The second-order valence-corrected chi connectivity index (χ2v) is 33.1. The van der Waals surface area contributed by atoms with Crippen LogP contribution < -0.4 is 0 Å². The maximum Gasteiger partial charge on any atom is 0.238 e. The van der Waals surface area contributed by atoms with Crippen LogP contribution in [0.1, 0.15) is 25.1 Å². The molecule has 1 aliphatic rings. The van der Waals surface area contributed by atoms with Gasteiger partial charge in [0, 0.05) is 111 Å². The number of fused-ring (bicyclic) bond motifs is 36. The number of para-hydroxylation sites is 1. The zero-order valence-electron chi connectivity index (χ0n) is 60.4. The van der Waals surface area contributed by atoms with Crippen molar-refractivity contribution < 1.29 is 4.42 Å². The highest BCUT2D eigenvalue weighted by atomic mass is 32.1. The van der Waals surface area contributed by atoms with Gasteiger partial charge in [0.1, 0.15) is 5.58 Å². The summed E-state index contributed by atoms with van der Waals surface area (Å²) >= 11 is 3.67. The number of aromatic nitrogens is 6. The van der Waals surface area contributed by atoms with E-state index >= 15 is 0 Å². The van der Waals surface area contributed by atoms with Gasteiger partial charge in [-0.05, 0) is 154 Å². The molecule has 0 atom stereocenters. The Morgan fingerprint density at radius 3 is 1.29 bits per heavy atom. The first-order chi connectivity index (χ1) is 55.3. The van der Waals surface area contributed by atoms with Crippen molar-refractivity contribution in [3.63, 3.8) is 0 Å². The average molecular weight is 1460 g/mol. The van der Waals surface area contributed by atoms with E-state index in [1.54, 1.807) is 0 Å². The van der Waals surface area contributed by atoms with Crippen molar-refractivity contribution in [2.45, 2.75) is 19.3 Å². The lowest BCUT2D eigenvalue weighted by Crippen LogP contribution is -2.18. The molecule has 7 aromatic heterocycles. The average Bonchev–Trinajstić information content (AvgIpc) is 1.61. The minimum absolute atomic E-state index is 0.538. The number of benzene rings is 18. The summed E-state index contributed by atoms with van der Waals surface area (Å²) < 4.78 is 16.6. The van der Waals surface area contributed by atoms with Gasteiger partial charge >= 0.3 is 0 Å². The van der Waals surface area contributed by atoms with E-state index in [0.717, 1.165) is 121 Å². The minimum Gasteiger partial charge on any atom is -0.437 e. The second kappa shape index (κ2) is 22.1. The molecule has 0 spiro atoms. The molecule has 0 saturated heterocycles. The van der Waals surface area contributed by atoms with E-state index in [2.05, 4.69) is 326 Å². The highest BCUT2D eigenvalue weighted by Gasteiger charge is 2.41. The highest BCUT2D eigenvalue weighted by molar-refractivity contribution is 7.26. The smallest absolute Gasteiger partial charge is 0.238 e. The Labute approximate surface area is 646 Å². The van der Waals surface area contributed by atoms with Crippen LogP contribution in [0.15, 0.2) is 320 Å². The molecule has 26 rings (SSSR count). The molecule has 518 valence electrons. The SMILES string of the molecule is CC1(C)c2ccc(-c3ccc4c(c3)c3ccccc3c3ccc5c(c6ccc7ccccc7c6n5-c5nc(-c6ccc7sc8ccccc8c7c6)c6c(n5)oc5ccccc56)c34)cc2-c2c(-c3ccc4sc5ccccc5c4c3)nc(-n3c4ccc5c6ccccc6c6ccccc6c5c4c4ccc5ccccc5c43)nc21. The molecular formula is C103H58N6OS2. The Kier molecular flexibility index (Phi) is 12.1. The number of rotatable bonds is 5. The van der Waals surface area contributed by atoms with Crippen molar-refractivity contribution in [2.24, 2.45) is 0 Å². The Balaban J connectivity index is 0.705. The Morgan fingerprint density at radius 1 is 0.286 bits per heavy atom. The number of furan rings is 1. The third-order valence-corrected chi connectivity index (χ3v) is 27.2. The quantitative estimate of drug-likeness (QED) is 0.161. The van der Waals surface area contributed by atoms with Crippen molar-refractivity contribution in [1.29, 1.82) is 0 Å². The fourth-order valence-electron chi connectivity index (χ4n) is 19.9. The van der Waals surface area contributed by atoms with E-state index in [0.29, 0.717) is 17.6 Å². The van der Waals surface area contributed by atoms with Gasteiger partial charge in [0.15, 0.2) is 0 Å². The summed E-state index contributed by atoms with van der Waals surface area (Å²) in [7, 11) is 0. The molecular weight excluding hydrogens is 1400 g/mol. The van der Waals surface area contributed by atoms with Crippen LogP contribution in [-0.4, -0.2) is 29.1 Å². The van der Waals surface area contributed by atoms with E-state index in [9.17, 15) is 0 Å². The lowest BCUT2D eigenvalue weighted by molar-refractivity contribution is 0.632. The fraction of sp³-hybridized carbons (Fsp3) is 0.0291. The van der Waals surface area contributed by atoms with Crippen molar-refractivity contribution >= 4 is 215 Å². The molecule has 7 heterocycles. The molecule has 9 heteroatoms. The standard InChI is InChI=1S/C103H58N6OS2/c1-103(2)81-46-38-58(52-80(81)93-95(59-39-49-87-78(53-59)68-28-14-17-33-85(68)111-87)104-101(106-99(93)103)108-82-47-44-71-65-25-8-7-23-63(65)64-24-11-12-30-70(64)89(71)91(82)75-42-35-55-19-3-5-21-61(55)97(75)108)57-37-41-73-77(51-57)67-27-10-9-26-66(67)72-45-48-83-92(90(72)73)76-43-36-56-20-4-6-22-62(56)98(76)109(83)102-105-96(94-74-31-13-16-32-84(74)110-100(94)107-102)60-40-50-88-79(54-60)69-29-15-18-34-86(69)112-88/h3-54H,1-2H3. The lowest BCUT2D eigenvalue weighted by atomic mass is 9.84. The first-order valence-electron chi connectivity index (χ1n) is 38.3. The number of nitrogens with zero attached hydrogens (tertiary/aromatic N) is 6. The number of hydrogen-bond donors (Lipinski definition) is 0. The monoisotopic (exact) mass is 1460 g/mol. The normalized spacial score (nSPS) is 13.2. The van der Waals surface area contributed by atoms with Gasteiger partial charge < -0.3 is 4.42 Å². The van der Waals surface area contributed by atoms with E-state index in [-0.39, 0.29) is 0 Å². The molecule has 25 aromatic rings. The van der Waals surface area contributed by atoms with Crippen LogP contribution >= 0.6 is 22.7 Å². The summed E-state index contributed by atoms with van der Waals surface area (Å²) in [5.74, 6) is 1.19. The molecule has 18 aromatic carbocycles. The summed E-state index contributed by atoms with van der Waals surface area (Å²) in [6.45, 7) is 4.73. The summed E-state index contributed by atoms with van der Waals surface area (Å²) in [5, 5.41) is 30.5. The maximum atomic E-state index is 6.85. The van der Waals surface area contributed by atoms with Crippen molar-refractivity contribution in [2.75, 3.05) is 0 Å². The topological polar surface area (TPSA) is 74.6 Å². The molecule has 0 N–H and O–H groups in total. The summed E-state index contributed by atoms with van der Waals surface area (Å²) in [4.78, 5) is 23.5. The predicted octanol–water partition coefficient (Wildman–Crippen LogP) is 28.6. The molecule has 0 saturated carbocycles. The number of thiophene rings is 2. The van der Waals surface area contributed by atoms with E-state index in [1.807, 2.05) is 34.8 Å². The van der Waals surface area contributed by atoms with Gasteiger partial charge in [0.25, 0.3) is 0 Å². The third kappa shape index (κ3) is 8.16. The van der Waals surface area contributed by atoms with Crippen molar-refractivity contribution in [1.82, 2.24) is 29.1 Å². The third-order valence-electron chi connectivity index (χ3n) is 24.8. The first kappa shape index (κ1) is 61.0. The maximum absolute atomic E-state index is 6.85. The predicted molar refractivity (Wildman–Crippen MR) is 473 cm³/mol. The molecule has 0 fully saturated rings. The first-order valence-corrected chi connectivity index (χ1v) is 40.0. The van der Waals surface area contributed by atoms with Gasteiger partial charge in [0.2, 0.25) is 17.6 Å². The van der Waals surface area contributed by atoms with Crippen LogP contribution in [0, 0.1) is 0 Å². The van der Waals surface area contributed by atoms with Crippen LogP contribution in [0.2, 0.25) is 0 Å². The molecule has 1 aliphatic carbocycles. The molecule has 0 unspecified atom stereocenters. The van der Waals surface area contributed by atoms with Crippen LogP contribution in [0.5, 0.6) is 0 Å². The minimum atomic E-state index is -0.538. The van der Waals surface area contributed by atoms with Gasteiger partial charge in [-0.1, -0.05) is 263 Å². The molecule has 0 amide bonds. The highest BCUT2D eigenvalue weighted by Crippen LogP contribution is 2.55. The second-order valence-electron chi connectivity index (χ2n) is 30.9. The largest absolute Gasteiger partial charge is 0.437 e. The van der Waals surface area contributed by atoms with Crippen LogP contribution in [-0.2, 0) is 5.41 Å². The van der Waals surface area contributed by atoms with E-state index < -0.39 is 5.41 Å². The van der Waals surface area contributed by atoms with E-state index in [1.165, 1.54) is 121 Å². The zero-order valence-corrected chi connectivity index (χ0v) is 62.1. The van der Waals surface area contributed by atoms with Gasteiger partial charge in [-0.3, -0.25) is 9.13 Å². The van der Waals surface area contributed by atoms with Crippen molar-refractivity contribution in [3.8, 4) is 56.7 Å². The fourth-order valence-corrected chi connectivity index (χ4v) is 22.1. The van der Waals surface area contributed by atoms with Gasteiger partial charge in [-0.15, -0.1) is 22.7 Å². The van der Waals surface area contributed by atoms with E-state index in [4.69, 9.17) is 24.4 Å². The Hall–Kier alpha value is -14.0. The molecule has 112 heavy (non-hydrogen) atoms. The Bertz CT molecular complexity index is 8610. The lowest BCUT2D eigenvalue weighted by Gasteiger charge is -2.22. The number of hydrogen-bond acceptors (Lipinski definition) is 7. The van der Waals surface area contributed by atoms with Gasteiger partial charge in [-0.2, -0.15) is 4.98 Å². The van der Waals surface area contributed by atoms with Gasteiger partial charge in [0.05, 0.1) is 44.5 Å². The van der Waals surface area contributed by atoms with Gasteiger partial charge in [-0.25, -0.2) is 15.0 Å². The van der Waals surface area contributed by atoms with Crippen LogP contribution in [0.25, 0.3) is 249 Å². The molecule has 0 bridgehead atoms. The van der Waals surface area contributed by atoms with Crippen LogP contribution in [0.4, 0.5) is 0 Å². The Morgan fingerprint density at radius 2 is 0.696 bits per heavy atom. The molecule has 0 aliphatic heterocycles.